The predicted octanol–water partition coefficient (Wildman–Crippen LogP) is 3.45. The number of aromatic nitrogens is 2. The molecule has 0 saturated carbocycles. The molecular weight excluding hydrogens is 736 g/mol. The van der Waals surface area contributed by atoms with Crippen LogP contribution in [0.1, 0.15) is 0 Å². The number of hydrogen-bond acceptors (Lipinski definition) is 10. The molecule has 16 heteroatoms. The molecule has 10 N–H and O–H groups in total. The molecule has 274 valence electrons. The first-order valence-electron chi connectivity index (χ1n) is 17.4. The highest BCUT2D eigenvalue weighted by molar-refractivity contribution is 6.56. The van der Waals surface area contributed by atoms with Crippen LogP contribution in [0, 0.1) is 0 Å². The van der Waals surface area contributed by atoms with Crippen molar-refractivity contribution >= 4 is 96.8 Å². The first kappa shape index (κ1) is 36.1. The number of hydrogen-bond donors (Lipinski definition) is 10. The van der Waals surface area contributed by atoms with Crippen molar-refractivity contribution in [1.82, 2.24) is 9.13 Å². The normalized spacial score (nSPS) is 11.7. The predicted molar refractivity (Wildman–Crippen MR) is 224 cm³/mol. The second-order valence-corrected chi connectivity index (χ2v) is 13.7. The molecule has 2 heterocycles. The minimum atomic E-state index is -1.09. The summed E-state index contributed by atoms with van der Waals surface area (Å²) in [5, 5.41) is 114. The summed E-state index contributed by atoms with van der Waals surface area (Å²) in [6.07, 6.45) is 0. The largest absolute Gasteiger partial charge is 0.507 e. The van der Waals surface area contributed by atoms with Crippen molar-refractivity contribution in [3.8, 4) is 91.1 Å². The Balaban J connectivity index is 1.44. The van der Waals surface area contributed by atoms with Crippen molar-refractivity contribution in [2.45, 2.75) is 0 Å². The molecular formula is C42H24B4N2O10. The Labute approximate surface area is 332 Å². The quantitative estimate of drug-likeness (QED) is 0.0718. The van der Waals surface area contributed by atoms with Gasteiger partial charge >= 0.3 is 0 Å². The van der Waals surface area contributed by atoms with Gasteiger partial charge in [-0.15, -0.1) is 0 Å². The highest BCUT2D eigenvalue weighted by Gasteiger charge is 2.35. The van der Waals surface area contributed by atoms with Gasteiger partial charge in [0.2, 0.25) is 0 Å². The van der Waals surface area contributed by atoms with Crippen molar-refractivity contribution in [2.24, 2.45) is 0 Å². The number of fused-ring (bicyclic) bond motifs is 6. The molecule has 8 radical (unpaired) electrons. The van der Waals surface area contributed by atoms with Crippen molar-refractivity contribution in [3.63, 3.8) is 0 Å². The average molecular weight is 760 g/mol. The van der Waals surface area contributed by atoms with E-state index in [1.165, 1.54) is 9.13 Å². The second kappa shape index (κ2) is 12.5. The molecule has 7 aromatic carbocycles. The van der Waals surface area contributed by atoms with E-state index in [4.69, 9.17) is 31.4 Å². The van der Waals surface area contributed by atoms with Gasteiger partial charge in [-0.05, 0) is 46.3 Å². The number of nitrogens with zero attached hydrogens (tertiary/aromatic N) is 2. The number of phenolic OH excluding ortho intramolecular Hbond substituents is 10. The second-order valence-electron chi connectivity index (χ2n) is 13.7. The highest BCUT2D eigenvalue weighted by atomic mass is 16.3. The van der Waals surface area contributed by atoms with Gasteiger partial charge in [0.05, 0.1) is 38.3 Å². The zero-order valence-corrected chi connectivity index (χ0v) is 29.8. The summed E-state index contributed by atoms with van der Waals surface area (Å²) in [5.74, 6) is -8.88. The number of para-hydroxylation sites is 1. The summed E-state index contributed by atoms with van der Waals surface area (Å²) in [6, 6.07) is 24.1. The summed E-state index contributed by atoms with van der Waals surface area (Å²) < 4.78 is 2.45. The fourth-order valence-electron chi connectivity index (χ4n) is 7.97. The fourth-order valence-corrected chi connectivity index (χ4v) is 7.97. The van der Waals surface area contributed by atoms with E-state index >= 15 is 0 Å². The Morgan fingerprint density at radius 1 is 0.293 bits per heavy atom. The molecule has 0 spiro atoms. The van der Waals surface area contributed by atoms with Crippen molar-refractivity contribution in [1.29, 1.82) is 0 Å². The van der Waals surface area contributed by atoms with Gasteiger partial charge in [0.15, 0.2) is 34.5 Å². The highest BCUT2D eigenvalue weighted by Crippen LogP contribution is 2.58. The lowest BCUT2D eigenvalue weighted by Crippen LogP contribution is -2.26. The lowest BCUT2D eigenvalue weighted by atomic mass is 9.76. The van der Waals surface area contributed by atoms with E-state index in [9.17, 15) is 51.1 Å². The number of aromatic hydroxyl groups is 10. The minimum Gasteiger partial charge on any atom is -0.507 e. The van der Waals surface area contributed by atoms with E-state index in [0.717, 1.165) is 11.1 Å². The van der Waals surface area contributed by atoms with Gasteiger partial charge in [0, 0.05) is 22.3 Å². The fraction of sp³-hybridized carbons (Fsp3) is 0. The summed E-state index contributed by atoms with van der Waals surface area (Å²) in [7, 11) is 25.0. The molecule has 12 nitrogen and oxygen atoms in total. The van der Waals surface area contributed by atoms with Crippen LogP contribution in [0.2, 0.25) is 0 Å². The Morgan fingerprint density at radius 2 is 0.707 bits per heavy atom. The standard InChI is InChI=1S/C42H24B4N2O10/c43-25-19-21-30(47(17-9-5-2-6-10-17)29(19)42(58)39(55)27(25)45)37(53)26(44)20(33(21)49)24-34(50)22-23-31(38(54)28(46)40(56)35(23)51)48(32(22)41(57)36(24)52)18-13-11-16(12-14-18)15-7-3-1-4-8-15/h1-14,49-58H. The van der Waals surface area contributed by atoms with Crippen molar-refractivity contribution in [3.05, 3.63) is 84.9 Å². The van der Waals surface area contributed by atoms with Crippen LogP contribution in [0.5, 0.6) is 57.5 Å². The average Bonchev–Trinajstić information content (AvgIpc) is 3.79. The van der Waals surface area contributed by atoms with Gasteiger partial charge in [0.25, 0.3) is 0 Å². The molecule has 0 aliphatic heterocycles. The van der Waals surface area contributed by atoms with Crippen LogP contribution >= 0.6 is 0 Å². The molecule has 0 atom stereocenters. The van der Waals surface area contributed by atoms with E-state index in [1.807, 2.05) is 30.3 Å². The van der Waals surface area contributed by atoms with Crippen LogP contribution in [0.4, 0.5) is 0 Å². The molecule has 0 aliphatic carbocycles. The topological polar surface area (TPSA) is 212 Å². The van der Waals surface area contributed by atoms with Crippen LogP contribution in [0.3, 0.4) is 0 Å². The molecule has 0 bridgehead atoms. The van der Waals surface area contributed by atoms with E-state index in [2.05, 4.69) is 0 Å². The Bertz CT molecular complexity index is 3260. The smallest absolute Gasteiger partial charge is 0.183 e. The third-order valence-electron chi connectivity index (χ3n) is 10.7. The van der Waals surface area contributed by atoms with Crippen LogP contribution < -0.4 is 21.9 Å². The van der Waals surface area contributed by atoms with Crippen LogP contribution in [-0.4, -0.2) is 91.6 Å². The molecule has 0 unspecified atom stereocenters. The van der Waals surface area contributed by atoms with E-state index < -0.39 is 101 Å². The van der Waals surface area contributed by atoms with E-state index in [0.29, 0.717) is 5.69 Å². The van der Waals surface area contributed by atoms with Gasteiger partial charge in [-0.1, -0.05) is 71.6 Å². The van der Waals surface area contributed by atoms with Gasteiger partial charge in [-0.25, -0.2) is 0 Å². The molecule has 0 aliphatic rings. The zero-order chi connectivity index (χ0) is 41.2. The van der Waals surface area contributed by atoms with Crippen LogP contribution in [-0.2, 0) is 0 Å². The Kier molecular flexibility index (Phi) is 7.74. The summed E-state index contributed by atoms with van der Waals surface area (Å²) in [4.78, 5) is 0. The SMILES string of the molecule is [B]c1c(O)c(O)c2c(c1[B])c1c(O)c(-c3c(O)c(O)c4c(c3O)c3c(O)c(O)c([B])c(O)c3n4-c3ccc(-c4ccccc4)cc3)c([B])c(O)c1n2-c1ccccc1. The zero-order valence-electron chi connectivity index (χ0n) is 29.8. The molecule has 0 amide bonds. The van der Waals surface area contributed by atoms with Crippen LogP contribution in [0.15, 0.2) is 84.9 Å². The first-order valence-corrected chi connectivity index (χ1v) is 17.4. The molecule has 2 aromatic heterocycles. The minimum absolute atomic E-state index is 0.177. The lowest BCUT2D eigenvalue weighted by Gasteiger charge is -2.19. The van der Waals surface area contributed by atoms with E-state index in [1.54, 1.807) is 54.6 Å². The Morgan fingerprint density at radius 3 is 1.31 bits per heavy atom. The summed E-state index contributed by atoms with van der Waals surface area (Å²) >= 11 is 0. The van der Waals surface area contributed by atoms with Gasteiger partial charge in [0.1, 0.15) is 59.9 Å². The van der Waals surface area contributed by atoms with Crippen LogP contribution in [0.25, 0.3) is 77.2 Å². The monoisotopic (exact) mass is 760 g/mol. The summed E-state index contributed by atoms with van der Waals surface area (Å²) in [6.45, 7) is 0. The Hall–Kier alpha value is -7.60. The number of rotatable bonds is 4. The molecule has 9 rings (SSSR count). The third kappa shape index (κ3) is 4.56. The van der Waals surface area contributed by atoms with Gasteiger partial charge < -0.3 is 60.2 Å². The van der Waals surface area contributed by atoms with Crippen molar-refractivity contribution in [2.75, 3.05) is 0 Å². The molecule has 9 aromatic rings. The van der Waals surface area contributed by atoms with Gasteiger partial charge in [-0.2, -0.15) is 0 Å². The summed E-state index contributed by atoms with van der Waals surface area (Å²) in [5.41, 5.74) is -2.52. The maximum atomic E-state index is 12.3. The van der Waals surface area contributed by atoms with Gasteiger partial charge in [-0.3, -0.25) is 0 Å². The molecule has 0 fully saturated rings. The number of benzene rings is 7. The lowest BCUT2D eigenvalue weighted by molar-refractivity contribution is 0.402. The maximum Gasteiger partial charge on any atom is 0.183 e. The maximum absolute atomic E-state index is 12.3. The third-order valence-corrected chi connectivity index (χ3v) is 10.7. The van der Waals surface area contributed by atoms with E-state index in [-0.39, 0.29) is 38.5 Å². The first-order chi connectivity index (χ1) is 27.7. The molecule has 0 saturated heterocycles. The molecule has 58 heavy (non-hydrogen) atoms. The number of phenols is 10. The van der Waals surface area contributed by atoms with Crippen molar-refractivity contribution < 1.29 is 51.1 Å².